The van der Waals surface area contributed by atoms with Gasteiger partial charge in [-0.3, -0.25) is 0 Å². The maximum absolute atomic E-state index is 10.1. The third-order valence-electron chi connectivity index (χ3n) is 3.24. The molecule has 0 amide bonds. The van der Waals surface area contributed by atoms with Crippen LogP contribution in [0.5, 0.6) is 0 Å². The Morgan fingerprint density at radius 1 is 1.24 bits per heavy atom. The van der Waals surface area contributed by atoms with Crippen molar-refractivity contribution in [1.29, 1.82) is 0 Å². The Morgan fingerprint density at radius 3 is 2.57 bits per heavy atom. The molecule has 1 aromatic carbocycles. The van der Waals surface area contributed by atoms with Crippen LogP contribution in [0.25, 0.3) is 0 Å². The Hall–Kier alpha value is -1.16. The number of hydrogen-bond donors (Lipinski definition) is 2. The van der Waals surface area contributed by atoms with Gasteiger partial charge < -0.3 is 15.2 Å². The first-order valence-electron chi connectivity index (χ1n) is 7.79. The summed E-state index contributed by atoms with van der Waals surface area (Å²) < 4.78 is 5.40. The molecule has 0 aliphatic heterocycles. The van der Waals surface area contributed by atoms with Crippen LogP contribution in [0.15, 0.2) is 36.9 Å². The van der Waals surface area contributed by atoms with Gasteiger partial charge in [-0.2, -0.15) is 0 Å². The molecule has 0 aliphatic rings. The van der Waals surface area contributed by atoms with E-state index >= 15 is 0 Å². The maximum atomic E-state index is 10.1. The largest absolute Gasteiger partial charge is 0.387 e. The highest BCUT2D eigenvalue weighted by molar-refractivity contribution is 5.24. The summed E-state index contributed by atoms with van der Waals surface area (Å²) in [5.74, 6) is 0.656. The fourth-order valence-corrected chi connectivity index (χ4v) is 2.12. The molecule has 1 atom stereocenters. The minimum Gasteiger partial charge on any atom is -0.387 e. The highest BCUT2D eigenvalue weighted by atomic mass is 16.5. The molecule has 0 radical (unpaired) electrons. The standard InChI is InChI=1S/C18H29NO2/c1-4-5-11-21-12-10-19-14-18(20)17-8-6-16(7-9-17)13-15(2)3/h4,6-9,15,18-20H,1,5,10-14H2,2-3H3. The molecule has 0 heterocycles. The SMILES string of the molecule is C=CCCOCCNCC(O)c1ccc(CC(C)C)cc1. The summed E-state index contributed by atoms with van der Waals surface area (Å²) in [7, 11) is 0. The van der Waals surface area contributed by atoms with Crippen LogP contribution in [0.1, 0.15) is 37.5 Å². The molecule has 0 aromatic heterocycles. The Bertz CT molecular complexity index is 387. The smallest absolute Gasteiger partial charge is 0.0914 e. The number of nitrogens with one attached hydrogen (secondary N) is 1. The normalized spacial score (nSPS) is 12.6. The summed E-state index contributed by atoms with van der Waals surface area (Å²) in [4.78, 5) is 0. The quantitative estimate of drug-likeness (QED) is 0.486. The fourth-order valence-electron chi connectivity index (χ4n) is 2.12. The lowest BCUT2D eigenvalue weighted by atomic mass is 10.0. The molecule has 1 unspecified atom stereocenters. The second-order valence-corrected chi connectivity index (χ2v) is 5.75. The summed E-state index contributed by atoms with van der Waals surface area (Å²) in [5.41, 5.74) is 2.28. The van der Waals surface area contributed by atoms with Gasteiger partial charge in [0.15, 0.2) is 0 Å². The molecule has 1 aromatic rings. The lowest BCUT2D eigenvalue weighted by Gasteiger charge is -2.13. The van der Waals surface area contributed by atoms with Crippen LogP contribution in [-0.4, -0.2) is 31.4 Å². The van der Waals surface area contributed by atoms with E-state index < -0.39 is 6.10 Å². The minimum absolute atomic E-state index is 0.466. The van der Waals surface area contributed by atoms with Crippen molar-refractivity contribution >= 4 is 0 Å². The van der Waals surface area contributed by atoms with Gasteiger partial charge in [-0.1, -0.05) is 44.2 Å². The van der Waals surface area contributed by atoms with Crippen molar-refractivity contribution in [3.05, 3.63) is 48.0 Å². The van der Waals surface area contributed by atoms with Crippen molar-refractivity contribution in [3.8, 4) is 0 Å². The molecule has 1 rings (SSSR count). The fraction of sp³-hybridized carbons (Fsp3) is 0.556. The number of aliphatic hydroxyl groups is 1. The minimum atomic E-state index is -0.466. The zero-order valence-corrected chi connectivity index (χ0v) is 13.3. The third kappa shape index (κ3) is 8.00. The van der Waals surface area contributed by atoms with Gasteiger partial charge in [0.1, 0.15) is 0 Å². The Kier molecular flexibility index (Phi) is 8.99. The van der Waals surface area contributed by atoms with Gasteiger partial charge in [0.25, 0.3) is 0 Å². The molecule has 3 nitrogen and oxygen atoms in total. The lowest BCUT2D eigenvalue weighted by Crippen LogP contribution is -2.25. The van der Waals surface area contributed by atoms with E-state index in [-0.39, 0.29) is 0 Å². The van der Waals surface area contributed by atoms with Crippen LogP contribution in [0.3, 0.4) is 0 Å². The average molecular weight is 291 g/mol. The first-order chi connectivity index (χ1) is 10.1. The van der Waals surface area contributed by atoms with Crippen LogP contribution in [0.2, 0.25) is 0 Å². The van der Waals surface area contributed by atoms with E-state index in [0.29, 0.717) is 25.7 Å². The van der Waals surface area contributed by atoms with Gasteiger partial charge in [-0.25, -0.2) is 0 Å². The van der Waals surface area contributed by atoms with Crippen molar-refractivity contribution in [1.82, 2.24) is 5.32 Å². The molecule has 118 valence electrons. The number of hydrogen-bond acceptors (Lipinski definition) is 3. The second kappa shape index (κ2) is 10.6. The van der Waals surface area contributed by atoms with Gasteiger partial charge >= 0.3 is 0 Å². The molecular formula is C18H29NO2. The van der Waals surface area contributed by atoms with Crippen LogP contribution < -0.4 is 5.32 Å². The Labute approximate surface area is 129 Å². The van der Waals surface area contributed by atoms with Crippen molar-refractivity contribution in [2.24, 2.45) is 5.92 Å². The van der Waals surface area contributed by atoms with E-state index in [4.69, 9.17) is 4.74 Å². The number of ether oxygens (including phenoxy) is 1. The molecule has 0 aliphatic carbocycles. The average Bonchev–Trinajstić information content (AvgIpc) is 2.46. The van der Waals surface area contributed by atoms with E-state index in [1.54, 1.807) is 0 Å². The van der Waals surface area contributed by atoms with Gasteiger partial charge in [0.05, 0.1) is 19.3 Å². The van der Waals surface area contributed by atoms with Crippen LogP contribution >= 0.6 is 0 Å². The summed E-state index contributed by atoms with van der Waals surface area (Å²) in [6.07, 6.45) is 3.34. The predicted molar refractivity (Wildman–Crippen MR) is 88.4 cm³/mol. The summed E-state index contributed by atoms with van der Waals surface area (Å²) in [5, 5.41) is 13.3. The molecule has 0 saturated carbocycles. The van der Waals surface area contributed by atoms with E-state index in [2.05, 4.69) is 37.9 Å². The molecule has 0 saturated heterocycles. The number of rotatable bonds is 11. The van der Waals surface area contributed by atoms with Crippen LogP contribution in [0, 0.1) is 5.92 Å². The molecule has 21 heavy (non-hydrogen) atoms. The summed E-state index contributed by atoms with van der Waals surface area (Å²) in [6, 6.07) is 8.25. The zero-order valence-electron chi connectivity index (χ0n) is 13.3. The first kappa shape index (κ1) is 17.9. The van der Waals surface area contributed by atoms with Crippen molar-refractivity contribution in [2.45, 2.75) is 32.8 Å². The van der Waals surface area contributed by atoms with E-state index in [9.17, 15) is 5.11 Å². The Morgan fingerprint density at radius 2 is 1.95 bits per heavy atom. The molecule has 0 fully saturated rings. The molecule has 0 spiro atoms. The number of aliphatic hydroxyl groups excluding tert-OH is 1. The lowest BCUT2D eigenvalue weighted by molar-refractivity contribution is 0.131. The summed E-state index contributed by atoms with van der Waals surface area (Å²) in [6.45, 7) is 10.7. The van der Waals surface area contributed by atoms with Gasteiger partial charge in [-0.05, 0) is 29.9 Å². The molecule has 2 N–H and O–H groups in total. The third-order valence-corrected chi connectivity index (χ3v) is 3.24. The number of benzene rings is 1. The van der Waals surface area contributed by atoms with Crippen molar-refractivity contribution < 1.29 is 9.84 Å². The molecule has 3 heteroatoms. The van der Waals surface area contributed by atoms with Crippen molar-refractivity contribution in [3.63, 3.8) is 0 Å². The van der Waals surface area contributed by atoms with E-state index in [1.165, 1.54) is 5.56 Å². The topological polar surface area (TPSA) is 41.5 Å². The van der Waals surface area contributed by atoms with Gasteiger partial charge in [0.2, 0.25) is 0 Å². The highest BCUT2D eigenvalue weighted by Crippen LogP contribution is 2.15. The predicted octanol–water partition coefficient (Wildman–Crippen LogP) is 3.10. The zero-order chi connectivity index (χ0) is 15.5. The second-order valence-electron chi connectivity index (χ2n) is 5.75. The maximum Gasteiger partial charge on any atom is 0.0914 e. The van der Waals surface area contributed by atoms with Crippen molar-refractivity contribution in [2.75, 3.05) is 26.3 Å². The van der Waals surface area contributed by atoms with Gasteiger partial charge in [-0.15, -0.1) is 6.58 Å². The van der Waals surface area contributed by atoms with Crippen LogP contribution in [0.4, 0.5) is 0 Å². The monoisotopic (exact) mass is 291 g/mol. The first-order valence-corrected chi connectivity index (χ1v) is 7.79. The molecular weight excluding hydrogens is 262 g/mol. The highest BCUT2D eigenvalue weighted by Gasteiger charge is 2.07. The van der Waals surface area contributed by atoms with E-state index in [1.807, 2.05) is 18.2 Å². The summed E-state index contributed by atoms with van der Waals surface area (Å²) >= 11 is 0. The van der Waals surface area contributed by atoms with Gasteiger partial charge in [0, 0.05) is 13.1 Å². The van der Waals surface area contributed by atoms with E-state index in [0.717, 1.165) is 24.9 Å². The van der Waals surface area contributed by atoms with Crippen LogP contribution in [-0.2, 0) is 11.2 Å². The molecule has 0 bridgehead atoms. The Balaban J connectivity index is 2.22.